The van der Waals surface area contributed by atoms with Gasteiger partial charge in [-0.1, -0.05) is 30.3 Å². The second-order valence-electron chi connectivity index (χ2n) is 7.10. The summed E-state index contributed by atoms with van der Waals surface area (Å²) in [4.78, 5) is 26.4. The van der Waals surface area contributed by atoms with Crippen LogP contribution in [0.5, 0.6) is 0 Å². The van der Waals surface area contributed by atoms with E-state index in [1.54, 1.807) is 0 Å². The first-order valence-corrected chi connectivity index (χ1v) is 9.05. The van der Waals surface area contributed by atoms with Crippen LogP contribution < -0.4 is 5.32 Å². The number of alkyl carbamates (subject to hydrolysis) is 1. The number of amides is 2. The van der Waals surface area contributed by atoms with Gasteiger partial charge >= 0.3 is 6.09 Å². The van der Waals surface area contributed by atoms with Crippen LogP contribution in [0.15, 0.2) is 42.5 Å². The van der Waals surface area contributed by atoms with Crippen molar-refractivity contribution in [3.8, 4) is 11.3 Å². The third kappa shape index (κ3) is 2.96. The van der Waals surface area contributed by atoms with Crippen LogP contribution in [0, 0.1) is 0 Å². The van der Waals surface area contributed by atoms with Crippen molar-refractivity contribution in [1.29, 1.82) is 0 Å². The van der Waals surface area contributed by atoms with E-state index in [4.69, 9.17) is 4.74 Å². The van der Waals surface area contributed by atoms with E-state index in [1.165, 1.54) is 0 Å². The minimum Gasteiger partial charge on any atom is -0.441 e. The maximum absolute atomic E-state index is 13.1. The number of carbonyl (C=O) groups excluding carboxylic acids is 2. The molecule has 2 aliphatic rings. The lowest BCUT2D eigenvalue weighted by Crippen LogP contribution is -2.37. The van der Waals surface area contributed by atoms with E-state index in [1.807, 2.05) is 59.0 Å². The van der Waals surface area contributed by atoms with Crippen LogP contribution in [0.1, 0.15) is 29.8 Å². The van der Waals surface area contributed by atoms with Gasteiger partial charge < -0.3 is 19.5 Å². The molecule has 0 aliphatic carbocycles. The Kier molecular flexibility index (Phi) is 4.18. The highest BCUT2D eigenvalue weighted by molar-refractivity contribution is 5.94. The highest BCUT2D eigenvalue weighted by Crippen LogP contribution is 2.30. The number of nitrogens with one attached hydrogen (secondary N) is 1. The number of rotatable bonds is 2. The summed E-state index contributed by atoms with van der Waals surface area (Å²) < 4.78 is 7.45. The minimum atomic E-state index is -0.449. The van der Waals surface area contributed by atoms with Gasteiger partial charge in [0.25, 0.3) is 5.91 Å². The van der Waals surface area contributed by atoms with E-state index in [2.05, 4.69) is 5.32 Å². The lowest BCUT2D eigenvalue weighted by atomic mass is 9.95. The molecule has 2 aliphatic heterocycles. The maximum atomic E-state index is 13.1. The zero-order valence-electron chi connectivity index (χ0n) is 14.9. The molecule has 26 heavy (non-hydrogen) atoms. The molecule has 2 amide bonds. The molecule has 4 rings (SSSR count). The summed E-state index contributed by atoms with van der Waals surface area (Å²) in [6.45, 7) is 1.82. The first-order chi connectivity index (χ1) is 12.6. The van der Waals surface area contributed by atoms with E-state index >= 15 is 0 Å². The third-order valence-corrected chi connectivity index (χ3v) is 5.46. The molecule has 2 saturated heterocycles. The van der Waals surface area contributed by atoms with Crippen molar-refractivity contribution in [2.75, 3.05) is 19.6 Å². The molecule has 0 radical (unpaired) electrons. The molecule has 3 heterocycles. The fourth-order valence-corrected chi connectivity index (χ4v) is 3.94. The van der Waals surface area contributed by atoms with Crippen LogP contribution in [0.2, 0.25) is 0 Å². The molecular weight excluding hydrogens is 330 g/mol. The number of aromatic nitrogens is 1. The fourth-order valence-electron chi connectivity index (χ4n) is 3.94. The highest BCUT2D eigenvalue weighted by atomic mass is 16.6. The quantitative estimate of drug-likeness (QED) is 0.903. The van der Waals surface area contributed by atoms with E-state index in [0.717, 1.165) is 24.1 Å². The van der Waals surface area contributed by atoms with Crippen LogP contribution in [0.3, 0.4) is 0 Å². The predicted molar refractivity (Wildman–Crippen MR) is 97.8 cm³/mol. The Morgan fingerprint density at radius 2 is 1.92 bits per heavy atom. The topological polar surface area (TPSA) is 63.6 Å². The summed E-state index contributed by atoms with van der Waals surface area (Å²) in [5, 5.41) is 2.75. The molecule has 0 saturated carbocycles. The Morgan fingerprint density at radius 3 is 2.65 bits per heavy atom. The van der Waals surface area contributed by atoms with Gasteiger partial charge in [0.15, 0.2) is 0 Å². The molecular formula is C20H23N3O3. The normalized spacial score (nSPS) is 22.8. The average Bonchev–Trinajstić information content (AvgIpc) is 3.13. The van der Waals surface area contributed by atoms with Crippen molar-refractivity contribution in [2.45, 2.75) is 24.9 Å². The standard InChI is InChI=1S/C20H23N3O3/c1-22-16(15-6-3-2-4-7-15)8-9-17(22)18(24)23-12-5-10-20(11-13-23)14-21-19(25)26-20/h2-4,6-9H,5,10-14H2,1H3,(H,21,25)/t20-/m0/s1. The van der Waals surface area contributed by atoms with Crippen molar-refractivity contribution in [3.05, 3.63) is 48.2 Å². The lowest BCUT2D eigenvalue weighted by Gasteiger charge is -2.25. The van der Waals surface area contributed by atoms with Crippen LogP contribution in [0.4, 0.5) is 4.79 Å². The van der Waals surface area contributed by atoms with E-state index < -0.39 is 5.60 Å². The zero-order valence-corrected chi connectivity index (χ0v) is 14.9. The summed E-state index contributed by atoms with van der Waals surface area (Å²) in [6, 6.07) is 13.9. The maximum Gasteiger partial charge on any atom is 0.407 e. The van der Waals surface area contributed by atoms with E-state index in [-0.39, 0.29) is 12.0 Å². The smallest absolute Gasteiger partial charge is 0.407 e. The van der Waals surface area contributed by atoms with E-state index in [9.17, 15) is 9.59 Å². The SMILES string of the molecule is Cn1c(C(=O)N2CCC[C@]3(CC2)CNC(=O)O3)ccc1-c1ccccc1. The predicted octanol–water partition coefficient (Wildman–Crippen LogP) is 2.80. The van der Waals surface area contributed by atoms with Crippen molar-refractivity contribution >= 4 is 12.0 Å². The largest absolute Gasteiger partial charge is 0.441 e. The van der Waals surface area contributed by atoms with Gasteiger partial charge in [-0.05, 0) is 30.5 Å². The molecule has 1 N–H and O–H groups in total. The molecule has 1 spiro atoms. The van der Waals surface area contributed by atoms with Gasteiger partial charge in [0.1, 0.15) is 11.3 Å². The average molecular weight is 353 g/mol. The van der Waals surface area contributed by atoms with Crippen LogP contribution in [-0.2, 0) is 11.8 Å². The molecule has 0 unspecified atom stereocenters. The summed E-state index contributed by atoms with van der Waals surface area (Å²) >= 11 is 0. The molecule has 2 fully saturated rings. The van der Waals surface area contributed by atoms with Gasteiger partial charge in [-0.2, -0.15) is 0 Å². The molecule has 1 atom stereocenters. The molecule has 1 aromatic heterocycles. The van der Waals surface area contributed by atoms with Crippen molar-refractivity contribution in [2.24, 2.45) is 7.05 Å². The Labute approximate surface area is 152 Å². The molecule has 0 bridgehead atoms. The van der Waals surface area contributed by atoms with Gasteiger partial charge in [0.2, 0.25) is 0 Å². The summed E-state index contributed by atoms with van der Waals surface area (Å²) in [7, 11) is 1.93. The Morgan fingerprint density at radius 1 is 1.12 bits per heavy atom. The van der Waals surface area contributed by atoms with Crippen molar-refractivity contribution in [3.63, 3.8) is 0 Å². The number of hydrogen-bond donors (Lipinski definition) is 1. The summed E-state index contributed by atoms with van der Waals surface area (Å²) in [5.41, 5.74) is 2.35. The fraction of sp³-hybridized carbons (Fsp3) is 0.400. The molecule has 2 aromatic rings. The van der Waals surface area contributed by atoms with Gasteiger partial charge in [-0.15, -0.1) is 0 Å². The first-order valence-electron chi connectivity index (χ1n) is 9.05. The Bertz CT molecular complexity index is 830. The van der Waals surface area contributed by atoms with Gasteiger partial charge in [-0.25, -0.2) is 4.79 Å². The third-order valence-electron chi connectivity index (χ3n) is 5.46. The number of nitrogens with zero attached hydrogens (tertiary/aromatic N) is 2. The minimum absolute atomic E-state index is 0.0315. The number of carbonyl (C=O) groups is 2. The second kappa shape index (κ2) is 6.52. The zero-order chi connectivity index (χ0) is 18.1. The van der Waals surface area contributed by atoms with Gasteiger partial charge in [-0.3, -0.25) is 4.79 Å². The van der Waals surface area contributed by atoms with Gasteiger partial charge in [0.05, 0.1) is 6.54 Å². The molecule has 6 nitrogen and oxygen atoms in total. The van der Waals surface area contributed by atoms with Crippen LogP contribution in [-0.4, -0.2) is 46.7 Å². The number of hydrogen-bond acceptors (Lipinski definition) is 3. The molecule has 136 valence electrons. The highest BCUT2D eigenvalue weighted by Gasteiger charge is 2.42. The van der Waals surface area contributed by atoms with Crippen LogP contribution in [0.25, 0.3) is 11.3 Å². The first kappa shape index (κ1) is 16.7. The van der Waals surface area contributed by atoms with Gasteiger partial charge in [0, 0.05) is 32.3 Å². The van der Waals surface area contributed by atoms with Crippen LogP contribution >= 0.6 is 0 Å². The Balaban J connectivity index is 1.52. The molecule has 1 aromatic carbocycles. The Hall–Kier alpha value is -2.76. The lowest BCUT2D eigenvalue weighted by molar-refractivity contribution is 0.0438. The summed E-state index contributed by atoms with van der Waals surface area (Å²) in [6.07, 6.45) is 1.95. The van der Waals surface area contributed by atoms with Crippen molar-refractivity contribution in [1.82, 2.24) is 14.8 Å². The number of ether oxygens (including phenoxy) is 1. The monoisotopic (exact) mass is 353 g/mol. The number of likely N-dealkylation sites (tertiary alicyclic amines) is 1. The molecule has 6 heteroatoms. The summed E-state index contributed by atoms with van der Waals surface area (Å²) in [5.74, 6) is 0.0315. The second-order valence-corrected chi connectivity index (χ2v) is 7.10. The number of benzene rings is 1. The van der Waals surface area contributed by atoms with Crippen molar-refractivity contribution < 1.29 is 14.3 Å². The van der Waals surface area contributed by atoms with E-state index in [0.29, 0.717) is 31.7 Å².